The van der Waals surface area contributed by atoms with Gasteiger partial charge < -0.3 is 30.3 Å². The van der Waals surface area contributed by atoms with Crippen molar-refractivity contribution in [3.8, 4) is 23.0 Å². The van der Waals surface area contributed by atoms with Crippen molar-refractivity contribution in [1.82, 2.24) is 0 Å². The number of phenolic OH excluding ortho intramolecular Hbond substituents is 3. The van der Waals surface area contributed by atoms with Crippen LogP contribution in [0, 0.1) is 0 Å². The van der Waals surface area contributed by atoms with Crippen molar-refractivity contribution in [3.05, 3.63) is 71.0 Å². The summed E-state index contributed by atoms with van der Waals surface area (Å²) in [6.45, 7) is 0. The molecule has 0 radical (unpaired) electrons. The number of ketones is 1. The van der Waals surface area contributed by atoms with E-state index < -0.39 is 17.5 Å². The number of aromatic hydroxyl groups is 3. The minimum atomic E-state index is -1.13. The van der Waals surface area contributed by atoms with E-state index in [1.165, 1.54) is 61.7 Å². The molecule has 0 bridgehead atoms. The first-order valence-corrected chi connectivity index (χ1v) is 9.14. The fourth-order valence-electron chi connectivity index (χ4n) is 2.60. The zero-order chi connectivity index (χ0) is 23.0. The topological polar surface area (TPSA) is 145 Å². The second kappa shape index (κ2) is 10.5. The van der Waals surface area contributed by atoms with Crippen molar-refractivity contribution in [1.29, 1.82) is 0 Å². The second-order valence-electron chi connectivity index (χ2n) is 6.47. The van der Waals surface area contributed by atoms with Crippen molar-refractivity contribution in [2.24, 2.45) is 0 Å². The van der Waals surface area contributed by atoms with Crippen LogP contribution in [0.25, 0.3) is 12.2 Å². The number of carboxylic acids is 1. The molecule has 2 rings (SSSR count). The third-order valence-electron chi connectivity index (χ3n) is 4.26. The number of benzene rings is 2. The van der Waals surface area contributed by atoms with Gasteiger partial charge in [0.2, 0.25) is 0 Å². The molecule has 0 atom stereocenters. The van der Waals surface area contributed by atoms with Crippen molar-refractivity contribution >= 4 is 23.9 Å². The Balaban J connectivity index is 2.30. The van der Waals surface area contributed by atoms with Gasteiger partial charge in [-0.1, -0.05) is 24.3 Å². The number of carbonyl (C=O) groups excluding carboxylic acids is 1. The number of hydrogen-bond donors (Lipinski definition) is 5. The SMILES string of the molecule is COc1cc(/C=C/C(=O)/C(CCC(=O)O)=C(O)/C=C/c2ccc(O)c(O)c2)ccc1O. The van der Waals surface area contributed by atoms with E-state index in [0.29, 0.717) is 11.1 Å². The Morgan fingerprint density at radius 2 is 1.45 bits per heavy atom. The van der Waals surface area contributed by atoms with Gasteiger partial charge in [-0.25, -0.2) is 0 Å². The standard InChI is InChI=1S/C23H22O8/c1-31-22-13-15(5-10-20(22)27)3-8-18(25)16(6-11-23(29)30)17(24)7-2-14-4-9-19(26)21(28)12-14/h2-5,7-10,12-13,24,26-28H,6,11H2,1H3,(H,29,30)/b7-2+,8-3+,17-16-. The highest BCUT2D eigenvalue weighted by atomic mass is 16.5. The number of phenols is 3. The van der Waals surface area contributed by atoms with Gasteiger partial charge in [0.15, 0.2) is 28.8 Å². The van der Waals surface area contributed by atoms with Crippen LogP contribution in [-0.4, -0.2) is 44.4 Å². The molecule has 0 fully saturated rings. The molecule has 8 nitrogen and oxygen atoms in total. The zero-order valence-electron chi connectivity index (χ0n) is 16.6. The lowest BCUT2D eigenvalue weighted by atomic mass is 10.0. The molecule has 5 N–H and O–H groups in total. The highest BCUT2D eigenvalue weighted by molar-refractivity contribution is 6.07. The van der Waals surface area contributed by atoms with Gasteiger partial charge in [0.1, 0.15) is 5.76 Å². The highest BCUT2D eigenvalue weighted by Gasteiger charge is 2.14. The summed E-state index contributed by atoms with van der Waals surface area (Å²) < 4.78 is 5.01. The number of carbonyl (C=O) groups is 2. The van der Waals surface area contributed by atoms with E-state index in [2.05, 4.69) is 0 Å². The maximum atomic E-state index is 12.6. The Bertz CT molecular complexity index is 1060. The predicted octanol–water partition coefficient (Wildman–Crippen LogP) is 3.78. The number of allylic oxidation sites excluding steroid dienone is 3. The molecule has 0 aliphatic rings. The molecule has 2 aromatic rings. The maximum Gasteiger partial charge on any atom is 0.303 e. The summed E-state index contributed by atoms with van der Waals surface area (Å²) in [5, 5.41) is 47.8. The summed E-state index contributed by atoms with van der Waals surface area (Å²) in [5.41, 5.74) is 0.887. The molecule has 0 heterocycles. The lowest BCUT2D eigenvalue weighted by molar-refractivity contribution is -0.136. The van der Waals surface area contributed by atoms with Gasteiger partial charge in [-0.2, -0.15) is 0 Å². The fraction of sp³-hybridized carbons (Fsp3) is 0.130. The van der Waals surface area contributed by atoms with Crippen molar-refractivity contribution in [2.75, 3.05) is 7.11 Å². The number of aliphatic hydroxyl groups excluding tert-OH is 1. The largest absolute Gasteiger partial charge is 0.508 e. The summed E-state index contributed by atoms with van der Waals surface area (Å²) in [5.74, 6) is -2.63. The van der Waals surface area contributed by atoms with Crippen LogP contribution < -0.4 is 4.74 Å². The monoisotopic (exact) mass is 426 g/mol. The smallest absolute Gasteiger partial charge is 0.303 e. The molecule has 162 valence electrons. The van der Waals surface area contributed by atoms with E-state index in [9.17, 15) is 30.0 Å². The number of methoxy groups -OCH3 is 1. The Morgan fingerprint density at radius 3 is 2.06 bits per heavy atom. The van der Waals surface area contributed by atoms with Crippen LogP contribution in [0.1, 0.15) is 24.0 Å². The molecule has 0 saturated carbocycles. The first-order valence-electron chi connectivity index (χ1n) is 9.14. The average molecular weight is 426 g/mol. The summed E-state index contributed by atoms with van der Waals surface area (Å²) in [4.78, 5) is 23.6. The van der Waals surface area contributed by atoms with Crippen LogP contribution in [0.3, 0.4) is 0 Å². The van der Waals surface area contributed by atoms with Crippen molar-refractivity contribution in [3.63, 3.8) is 0 Å². The van der Waals surface area contributed by atoms with Crippen LogP contribution in [-0.2, 0) is 9.59 Å². The third-order valence-corrected chi connectivity index (χ3v) is 4.26. The molecule has 0 spiro atoms. The molecule has 0 saturated heterocycles. The maximum absolute atomic E-state index is 12.6. The number of hydrogen-bond acceptors (Lipinski definition) is 7. The van der Waals surface area contributed by atoms with E-state index in [0.717, 1.165) is 0 Å². The third kappa shape index (κ3) is 6.67. The molecule has 0 aromatic heterocycles. The Kier molecular flexibility index (Phi) is 7.85. The number of carboxylic acid groups (broad SMARTS) is 1. The van der Waals surface area contributed by atoms with Crippen LogP contribution in [0.2, 0.25) is 0 Å². The van der Waals surface area contributed by atoms with Gasteiger partial charge in [-0.15, -0.1) is 0 Å². The molecule has 0 amide bonds. The second-order valence-corrected chi connectivity index (χ2v) is 6.47. The van der Waals surface area contributed by atoms with Gasteiger partial charge in [0.05, 0.1) is 7.11 Å². The van der Waals surface area contributed by atoms with Gasteiger partial charge >= 0.3 is 5.97 Å². The van der Waals surface area contributed by atoms with Crippen LogP contribution in [0.5, 0.6) is 23.0 Å². The molecule has 8 heteroatoms. The normalized spacial score (nSPS) is 12.2. The van der Waals surface area contributed by atoms with Crippen LogP contribution in [0.4, 0.5) is 0 Å². The number of aliphatic carboxylic acids is 1. The van der Waals surface area contributed by atoms with Gasteiger partial charge in [-0.05, 0) is 54.0 Å². The Morgan fingerprint density at radius 1 is 0.839 bits per heavy atom. The number of ether oxygens (including phenoxy) is 1. The average Bonchev–Trinajstić information content (AvgIpc) is 2.73. The summed E-state index contributed by atoms with van der Waals surface area (Å²) in [6.07, 6.45) is 4.67. The molecule has 0 aliphatic carbocycles. The number of rotatable bonds is 9. The molecular weight excluding hydrogens is 404 g/mol. The fourth-order valence-corrected chi connectivity index (χ4v) is 2.60. The van der Waals surface area contributed by atoms with E-state index in [-0.39, 0.29) is 41.4 Å². The Labute approximate surface area is 178 Å². The minimum Gasteiger partial charge on any atom is -0.508 e. The first-order chi connectivity index (χ1) is 14.7. The molecule has 2 aromatic carbocycles. The summed E-state index contributed by atoms with van der Waals surface area (Å²) >= 11 is 0. The first kappa shape index (κ1) is 23.1. The van der Waals surface area contributed by atoms with E-state index in [1.807, 2.05) is 0 Å². The quantitative estimate of drug-likeness (QED) is 0.176. The van der Waals surface area contributed by atoms with Gasteiger partial charge in [0.25, 0.3) is 0 Å². The lowest BCUT2D eigenvalue weighted by Crippen LogP contribution is -2.05. The summed E-state index contributed by atoms with van der Waals surface area (Å²) in [7, 11) is 1.39. The molecular formula is C23H22O8. The van der Waals surface area contributed by atoms with E-state index >= 15 is 0 Å². The molecule has 0 aliphatic heterocycles. The number of aliphatic hydroxyl groups is 1. The van der Waals surface area contributed by atoms with Crippen LogP contribution in [0.15, 0.2) is 59.9 Å². The summed E-state index contributed by atoms with van der Waals surface area (Å²) in [6, 6.07) is 8.47. The van der Waals surface area contributed by atoms with Gasteiger partial charge in [0, 0.05) is 12.0 Å². The van der Waals surface area contributed by atoms with Crippen molar-refractivity contribution in [2.45, 2.75) is 12.8 Å². The van der Waals surface area contributed by atoms with Gasteiger partial charge in [-0.3, -0.25) is 9.59 Å². The lowest BCUT2D eigenvalue weighted by Gasteiger charge is -2.06. The molecule has 31 heavy (non-hydrogen) atoms. The van der Waals surface area contributed by atoms with Crippen LogP contribution >= 0.6 is 0 Å². The minimum absolute atomic E-state index is 0.0592. The molecule has 0 unspecified atom stereocenters. The highest BCUT2D eigenvalue weighted by Crippen LogP contribution is 2.27. The predicted molar refractivity (Wildman–Crippen MR) is 114 cm³/mol. The zero-order valence-corrected chi connectivity index (χ0v) is 16.6. The Hall–Kier alpha value is -4.20. The van der Waals surface area contributed by atoms with E-state index in [1.54, 1.807) is 6.07 Å². The van der Waals surface area contributed by atoms with E-state index in [4.69, 9.17) is 9.84 Å². The van der Waals surface area contributed by atoms with Crippen molar-refractivity contribution < 1.29 is 39.9 Å².